The molecule has 4 heterocycles. The Bertz CT molecular complexity index is 1020. The van der Waals surface area contributed by atoms with Crippen LogP contribution in [0.2, 0.25) is 0 Å². The highest BCUT2D eigenvalue weighted by Crippen LogP contribution is 2.35. The molecule has 2 saturated heterocycles. The van der Waals surface area contributed by atoms with E-state index < -0.39 is 0 Å². The summed E-state index contributed by atoms with van der Waals surface area (Å²) in [6, 6.07) is 6.96. The number of nitrogens with zero attached hydrogens (tertiary/aromatic N) is 4. The van der Waals surface area contributed by atoms with E-state index in [4.69, 9.17) is 4.98 Å². The van der Waals surface area contributed by atoms with E-state index in [-0.39, 0.29) is 5.91 Å². The van der Waals surface area contributed by atoms with Crippen molar-refractivity contribution in [2.45, 2.75) is 31.7 Å². The molecule has 1 atom stereocenters. The lowest BCUT2D eigenvalue weighted by atomic mass is 10.1. The number of hydrogen-bond donors (Lipinski definition) is 1. The van der Waals surface area contributed by atoms with Gasteiger partial charge in [0.05, 0.1) is 16.4 Å². The largest absolute Gasteiger partial charge is 0.354 e. The molecule has 0 radical (unpaired) electrons. The normalized spacial score (nSPS) is 20.4. The number of hydrogen-bond acceptors (Lipinski definition) is 7. The third-order valence-electron chi connectivity index (χ3n) is 5.92. The van der Waals surface area contributed by atoms with E-state index >= 15 is 0 Å². The number of piperidine rings is 1. The number of thiazole rings is 2. The van der Waals surface area contributed by atoms with Crippen LogP contribution < -0.4 is 10.2 Å². The number of benzene rings is 1. The highest BCUT2D eigenvalue weighted by atomic mass is 32.1. The van der Waals surface area contributed by atoms with Crippen molar-refractivity contribution in [2.75, 3.05) is 38.1 Å². The van der Waals surface area contributed by atoms with Crippen LogP contribution in [0.15, 0.2) is 24.4 Å². The van der Waals surface area contributed by atoms with Gasteiger partial charge in [-0.25, -0.2) is 9.97 Å². The summed E-state index contributed by atoms with van der Waals surface area (Å²) in [5.41, 5.74) is 2.08. The van der Waals surface area contributed by atoms with Gasteiger partial charge in [0.2, 0.25) is 0 Å². The number of nitrogens with one attached hydrogen (secondary N) is 1. The Hall–Kier alpha value is -2.03. The van der Waals surface area contributed by atoms with Crippen LogP contribution in [0.5, 0.6) is 0 Å². The van der Waals surface area contributed by atoms with Crippen molar-refractivity contribution >= 4 is 43.9 Å². The first-order valence-corrected chi connectivity index (χ1v) is 11.9. The van der Waals surface area contributed by atoms with E-state index in [1.807, 2.05) is 0 Å². The number of carbonyl (C=O) groups excluding carboxylic acids is 1. The van der Waals surface area contributed by atoms with Crippen LogP contribution in [0, 0.1) is 0 Å². The smallest absolute Gasteiger partial charge is 0.262 e. The minimum absolute atomic E-state index is 0.0906. The average molecular weight is 428 g/mol. The Balaban J connectivity index is 1.34. The van der Waals surface area contributed by atoms with Crippen LogP contribution in [0.25, 0.3) is 20.8 Å². The third-order valence-corrected chi connectivity index (χ3v) is 8.05. The zero-order valence-electron chi connectivity index (χ0n) is 16.6. The van der Waals surface area contributed by atoms with E-state index in [2.05, 4.69) is 38.3 Å². The molecule has 0 aliphatic carbocycles. The van der Waals surface area contributed by atoms with Crippen LogP contribution in [0.4, 0.5) is 5.13 Å². The highest BCUT2D eigenvalue weighted by molar-refractivity contribution is 7.22. The van der Waals surface area contributed by atoms with Crippen LogP contribution in [-0.2, 0) is 0 Å². The molecule has 29 heavy (non-hydrogen) atoms. The maximum atomic E-state index is 11.8. The standard InChI is InChI=1S/C21H25N5OS2/c1-22-19(27)18-12-23-20(28-18)14-5-6-16-17(11-14)29-21(24-16)26-10-7-15(13-26)25-8-3-2-4-9-25/h5-6,11-12,15H,2-4,7-10,13H2,1H3,(H,22,27). The fraction of sp³-hybridized carbons (Fsp3) is 0.476. The van der Waals surface area contributed by atoms with E-state index in [1.165, 1.54) is 54.8 Å². The van der Waals surface area contributed by atoms with Crippen molar-refractivity contribution in [2.24, 2.45) is 0 Å². The summed E-state index contributed by atoms with van der Waals surface area (Å²) < 4.78 is 1.18. The Morgan fingerprint density at radius 2 is 2.03 bits per heavy atom. The van der Waals surface area contributed by atoms with Crippen molar-refractivity contribution in [1.29, 1.82) is 0 Å². The second kappa shape index (κ2) is 8.01. The Morgan fingerprint density at radius 1 is 1.17 bits per heavy atom. The average Bonchev–Trinajstić information content (AvgIpc) is 3.52. The maximum absolute atomic E-state index is 11.8. The number of carbonyl (C=O) groups is 1. The topological polar surface area (TPSA) is 61.4 Å². The van der Waals surface area contributed by atoms with Gasteiger partial charge in [-0.3, -0.25) is 9.69 Å². The minimum Gasteiger partial charge on any atom is -0.354 e. The molecule has 2 aliphatic rings. The van der Waals surface area contributed by atoms with Gasteiger partial charge in [0.15, 0.2) is 5.13 Å². The van der Waals surface area contributed by atoms with E-state index in [0.717, 1.165) is 34.3 Å². The molecule has 0 bridgehead atoms. The summed E-state index contributed by atoms with van der Waals surface area (Å²) in [7, 11) is 1.64. The molecule has 1 N–H and O–H groups in total. The SMILES string of the molecule is CNC(=O)c1cnc(-c2ccc3nc(N4CCC(N5CCCCC5)C4)sc3c2)s1. The molecule has 2 aromatic heterocycles. The molecule has 1 unspecified atom stereocenters. The van der Waals surface area contributed by atoms with Crippen LogP contribution in [-0.4, -0.2) is 60.0 Å². The predicted molar refractivity (Wildman–Crippen MR) is 120 cm³/mol. The van der Waals surface area contributed by atoms with Gasteiger partial charge in [-0.2, -0.15) is 0 Å². The molecule has 1 aromatic carbocycles. The summed E-state index contributed by atoms with van der Waals surface area (Å²) in [6.07, 6.45) is 6.96. The molecular formula is C21H25N5OS2. The van der Waals surface area contributed by atoms with Crippen molar-refractivity contribution in [3.8, 4) is 10.6 Å². The molecule has 0 saturated carbocycles. The molecule has 5 rings (SSSR count). The zero-order chi connectivity index (χ0) is 19.8. The Kier molecular flexibility index (Phi) is 5.24. The lowest BCUT2D eigenvalue weighted by molar-refractivity contribution is 0.0967. The molecule has 2 fully saturated rings. The fourth-order valence-electron chi connectivity index (χ4n) is 4.31. The first-order chi connectivity index (χ1) is 14.2. The Labute approximate surface area is 178 Å². The third kappa shape index (κ3) is 3.76. The van der Waals surface area contributed by atoms with Crippen molar-refractivity contribution in [3.63, 3.8) is 0 Å². The van der Waals surface area contributed by atoms with E-state index in [9.17, 15) is 4.79 Å². The molecule has 0 spiro atoms. The van der Waals surface area contributed by atoms with Gasteiger partial charge in [-0.1, -0.05) is 17.8 Å². The van der Waals surface area contributed by atoms with Gasteiger partial charge in [-0.15, -0.1) is 11.3 Å². The lowest BCUT2D eigenvalue weighted by Gasteiger charge is -2.32. The fourth-order valence-corrected chi connectivity index (χ4v) is 6.21. The zero-order valence-corrected chi connectivity index (χ0v) is 18.2. The molecule has 3 aromatic rings. The molecule has 6 nitrogen and oxygen atoms in total. The number of amides is 1. The maximum Gasteiger partial charge on any atom is 0.262 e. The molecule has 152 valence electrons. The predicted octanol–water partition coefficient (Wildman–Crippen LogP) is 3.84. The first kappa shape index (κ1) is 19.0. The van der Waals surface area contributed by atoms with Crippen molar-refractivity contribution in [1.82, 2.24) is 20.2 Å². The summed E-state index contributed by atoms with van der Waals surface area (Å²) in [5, 5.41) is 4.65. The molecule has 1 amide bonds. The van der Waals surface area contributed by atoms with Gasteiger partial charge >= 0.3 is 0 Å². The highest BCUT2D eigenvalue weighted by Gasteiger charge is 2.30. The number of aromatic nitrogens is 2. The van der Waals surface area contributed by atoms with Crippen molar-refractivity contribution in [3.05, 3.63) is 29.3 Å². The summed E-state index contributed by atoms with van der Waals surface area (Å²) >= 11 is 3.18. The summed E-state index contributed by atoms with van der Waals surface area (Å²) in [5.74, 6) is -0.0906. The number of rotatable bonds is 4. The summed E-state index contributed by atoms with van der Waals surface area (Å²) in [4.78, 5) is 26.9. The minimum atomic E-state index is -0.0906. The molecular weight excluding hydrogens is 402 g/mol. The van der Waals surface area contributed by atoms with Crippen LogP contribution in [0.1, 0.15) is 35.4 Å². The van der Waals surface area contributed by atoms with Gasteiger partial charge in [0.1, 0.15) is 9.88 Å². The van der Waals surface area contributed by atoms with Gasteiger partial charge in [0.25, 0.3) is 5.91 Å². The van der Waals surface area contributed by atoms with Crippen molar-refractivity contribution < 1.29 is 4.79 Å². The summed E-state index contributed by atoms with van der Waals surface area (Å²) in [6.45, 7) is 4.70. The number of fused-ring (bicyclic) bond motifs is 1. The van der Waals surface area contributed by atoms with Gasteiger partial charge in [-0.05, 0) is 50.6 Å². The molecule has 8 heteroatoms. The van der Waals surface area contributed by atoms with Gasteiger partial charge < -0.3 is 10.2 Å². The quantitative estimate of drug-likeness (QED) is 0.685. The molecule has 2 aliphatic heterocycles. The van der Waals surface area contributed by atoms with Gasteiger partial charge in [0, 0.05) is 31.7 Å². The number of likely N-dealkylation sites (tertiary alicyclic amines) is 1. The monoisotopic (exact) mass is 427 g/mol. The van der Waals surface area contributed by atoms with E-state index in [0.29, 0.717) is 10.9 Å². The van der Waals surface area contributed by atoms with Crippen LogP contribution >= 0.6 is 22.7 Å². The number of anilines is 1. The first-order valence-electron chi connectivity index (χ1n) is 10.3. The van der Waals surface area contributed by atoms with Crippen LogP contribution in [0.3, 0.4) is 0 Å². The Morgan fingerprint density at radius 3 is 2.86 bits per heavy atom. The lowest BCUT2D eigenvalue weighted by Crippen LogP contribution is -2.40. The second-order valence-corrected chi connectivity index (χ2v) is 9.81. The second-order valence-electron chi connectivity index (χ2n) is 7.77. The van der Waals surface area contributed by atoms with E-state index in [1.54, 1.807) is 24.6 Å².